The molecular formula is C26H20N6. The molecule has 0 unspecified atom stereocenters. The van der Waals surface area contributed by atoms with E-state index < -0.39 is 0 Å². The molecular weight excluding hydrogens is 396 g/mol. The molecule has 0 fully saturated rings. The third-order valence-electron chi connectivity index (χ3n) is 4.46. The van der Waals surface area contributed by atoms with Crippen LogP contribution in [0.2, 0.25) is 0 Å². The highest BCUT2D eigenvalue weighted by molar-refractivity contribution is 6.53. The van der Waals surface area contributed by atoms with Gasteiger partial charge in [-0.1, -0.05) is 60.7 Å². The molecule has 6 nitrogen and oxygen atoms in total. The second-order valence-corrected chi connectivity index (χ2v) is 6.68. The Morgan fingerprint density at radius 1 is 0.500 bits per heavy atom. The Morgan fingerprint density at radius 3 is 1.25 bits per heavy atom. The molecule has 0 saturated heterocycles. The third-order valence-corrected chi connectivity index (χ3v) is 4.46. The van der Waals surface area contributed by atoms with Crippen LogP contribution in [0.4, 0.5) is 0 Å². The molecule has 0 spiro atoms. The number of benzene rings is 2. The highest BCUT2D eigenvalue weighted by Gasteiger charge is 2.14. The summed E-state index contributed by atoms with van der Waals surface area (Å²) in [5.74, 6) is 0. The van der Waals surface area contributed by atoms with Crippen LogP contribution in [0.5, 0.6) is 0 Å². The molecule has 0 aliphatic rings. The topological polar surface area (TPSA) is 75.2 Å². The van der Waals surface area contributed by atoms with Crippen LogP contribution in [0.1, 0.15) is 22.3 Å². The van der Waals surface area contributed by atoms with Gasteiger partial charge in [0.05, 0.1) is 12.4 Å². The first-order valence-electron chi connectivity index (χ1n) is 10.0. The van der Waals surface area contributed by atoms with Gasteiger partial charge in [-0.25, -0.2) is 0 Å². The molecule has 0 aliphatic heterocycles. The molecule has 0 amide bonds. The Kier molecular flexibility index (Phi) is 7.10. The van der Waals surface area contributed by atoms with Crippen molar-refractivity contribution in [1.82, 2.24) is 9.97 Å². The molecule has 6 heteroatoms. The summed E-state index contributed by atoms with van der Waals surface area (Å²) in [6.45, 7) is 0. The Morgan fingerprint density at radius 2 is 0.875 bits per heavy atom. The lowest BCUT2D eigenvalue weighted by Crippen LogP contribution is -2.17. The van der Waals surface area contributed by atoms with Gasteiger partial charge in [-0.2, -0.15) is 10.2 Å². The zero-order chi connectivity index (χ0) is 21.8. The highest BCUT2D eigenvalue weighted by Crippen LogP contribution is 2.11. The van der Waals surface area contributed by atoms with Gasteiger partial charge in [-0.15, -0.1) is 10.2 Å². The zero-order valence-electron chi connectivity index (χ0n) is 17.2. The van der Waals surface area contributed by atoms with Crippen molar-refractivity contribution in [1.29, 1.82) is 0 Å². The summed E-state index contributed by atoms with van der Waals surface area (Å²) in [5.41, 5.74) is 4.83. The van der Waals surface area contributed by atoms with E-state index in [0.29, 0.717) is 11.4 Å². The number of rotatable bonds is 7. The molecule has 32 heavy (non-hydrogen) atoms. The van der Waals surface area contributed by atoms with Gasteiger partial charge < -0.3 is 0 Å². The molecule has 0 saturated carbocycles. The lowest BCUT2D eigenvalue weighted by atomic mass is 10.00. The summed E-state index contributed by atoms with van der Waals surface area (Å²) >= 11 is 0. The number of hydrogen-bond acceptors (Lipinski definition) is 6. The highest BCUT2D eigenvalue weighted by atomic mass is 15.2. The zero-order valence-corrected chi connectivity index (χ0v) is 17.2. The molecule has 4 rings (SSSR count). The second-order valence-electron chi connectivity index (χ2n) is 6.68. The standard InChI is InChI=1S/C26H20N6/c1-3-7-23(8-4-1)25(31-29-19-21-11-15-27-16-12-21)26(24-9-5-2-6-10-24)32-30-20-22-13-17-28-18-14-22/h1-20H/b29-19+,30-20+,31-25-,32-26-. The van der Waals surface area contributed by atoms with Gasteiger partial charge in [0.1, 0.15) is 11.4 Å². The van der Waals surface area contributed by atoms with Crippen molar-refractivity contribution < 1.29 is 0 Å². The molecule has 0 radical (unpaired) electrons. The lowest BCUT2D eigenvalue weighted by Gasteiger charge is -2.08. The van der Waals surface area contributed by atoms with Crippen LogP contribution in [0, 0.1) is 0 Å². The SMILES string of the molecule is C(=N/N=C(\C(=N/N=C/c1ccncc1)c1ccccc1)c1ccccc1)\c1ccncc1. The predicted molar refractivity (Wildman–Crippen MR) is 130 cm³/mol. The van der Waals surface area contributed by atoms with Crippen LogP contribution < -0.4 is 0 Å². The summed E-state index contributed by atoms with van der Waals surface area (Å²) in [6.07, 6.45) is 10.2. The minimum Gasteiger partial charge on any atom is -0.265 e. The van der Waals surface area contributed by atoms with E-state index in [4.69, 9.17) is 0 Å². The Hall–Kier alpha value is -4.58. The number of hydrogen-bond donors (Lipinski definition) is 0. The molecule has 2 aromatic carbocycles. The van der Waals surface area contributed by atoms with E-state index >= 15 is 0 Å². The fraction of sp³-hybridized carbons (Fsp3) is 0. The van der Waals surface area contributed by atoms with E-state index in [0.717, 1.165) is 22.3 Å². The van der Waals surface area contributed by atoms with Crippen molar-refractivity contribution >= 4 is 23.9 Å². The molecule has 0 N–H and O–H groups in total. The van der Waals surface area contributed by atoms with Gasteiger partial charge in [0.25, 0.3) is 0 Å². The van der Waals surface area contributed by atoms with Crippen molar-refractivity contribution in [3.8, 4) is 0 Å². The Labute approximate surface area is 186 Å². The van der Waals surface area contributed by atoms with Gasteiger partial charge in [-0.3, -0.25) is 9.97 Å². The quantitative estimate of drug-likeness (QED) is 0.320. The predicted octanol–water partition coefficient (Wildman–Crippen LogP) is 4.82. The van der Waals surface area contributed by atoms with E-state index in [9.17, 15) is 0 Å². The molecule has 154 valence electrons. The van der Waals surface area contributed by atoms with E-state index in [2.05, 4.69) is 30.4 Å². The summed E-state index contributed by atoms with van der Waals surface area (Å²) in [7, 11) is 0. The van der Waals surface area contributed by atoms with E-state index in [1.807, 2.05) is 84.9 Å². The normalized spacial score (nSPS) is 12.5. The van der Waals surface area contributed by atoms with Crippen LogP contribution in [0.15, 0.2) is 130 Å². The third kappa shape index (κ3) is 5.73. The first-order valence-corrected chi connectivity index (χ1v) is 10.0. The monoisotopic (exact) mass is 416 g/mol. The summed E-state index contributed by atoms with van der Waals surface area (Å²) < 4.78 is 0. The maximum atomic E-state index is 4.54. The summed E-state index contributed by atoms with van der Waals surface area (Å²) in [5, 5.41) is 17.7. The fourth-order valence-corrected chi connectivity index (χ4v) is 2.88. The van der Waals surface area contributed by atoms with Crippen LogP contribution >= 0.6 is 0 Å². The molecule has 2 heterocycles. The lowest BCUT2D eigenvalue weighted by molar-refractivity contribution is 1.23. The van der Waals surface area contributed by atoms with E-state index in [-0.39, 0.29) is 0 Å². The molecule has 0 atom stereocenters. The maximum absolute atomic E-state index is 4.54. The van der Waals surface area contributed by atoms with Crippen molar-refractivity contribution in [2.45, 2.75) is 0 Å². The van der Waals surface area contributed by atoms with Crippen molar-refractivity contribution in [3.63, 3.8) is 0 Å². The van der Waals surface area contributed by atoms with Crippen LogP contribution in [-0.4, -0.2) is 33.8 Å². The first kappa shape index (κ1) is 20.7. The summed E-state index contributed by atoms with van der Waals surface area (Å²) in [4.78, 5) is 8.05. The van der Waals surface area contributed by atoms with Gasteiger partial charge in [0.2, 0.25) is 0 Å². The van der Waals surface area contributed by atoms with Gasteiger partial charge >= 0.3 is 0 Å². The average Bonchev–Trinajstić information content (AvgIpc) is 2.87. The van der Waals surface area contributed by atoms with Crippen LogP contribution in [0.25, 0.3) is 0 Å². The van der Waals surface area contributed by atoms with Crippen molar-refractivity contribution in [2.75, 3.05) is 0 Å². The minimum absolute atomic E-state index is 0.619. The second kappa shape index (κ2) is 11.0. The smallest absolute Gasteiger partial charge is 0.121 e. The van der Waals surface area contributed by atoms with Crippen molar-refractivity contribution in [2.24, 2.45) is 20.4 Å². The largest absolute Gasteiger partial charge is 0.265 e. The number of pyridine rings is 2. The van der Waals surface area contributed by atoms with Crippen LogP contribution in [-0.2, 0) is 0 Å². The molecule has 0 aliphatic carbocycles. The van der Waals surface area contributed by atoms with Crippen LogP contribution in [0.3, 0.4) is 0 Å². The molecule has 0 bridgehead atoms. The maximum Gasteiger partial charge on any atom is 0.121 e. The Balaban J connectivity index is 1.77. The number of nitrogens with zero attached hydrogens (tertiary/aromatic N) is 6. The van der Waals surface area contributed by atoms with Gasteiger partial charge in [0, 0.05) is 35.9 Å². The average molecular weight is 416 g/mol. The van der Waals surface area contributed by atoms with E-state index in [1.165, 1.54) is 0 Å². The molecule has 2 aromatic heterocycles. The van der Waals surface area contributed by atoms with Gasteiger partial charge in [-0.05, 0) is 35.4 Å². The fourth-order valence-electron chi connectivity index (χ4n) is 2.88. The van der Waals surface area contributed by atoms with Crippen molar-refractivity contribution in [3.05, 3.63) is 132 Å². The minimum atomic E-state index is 0.619. The Bertz CT molecular complexity index is 1130. The molecule has 4 aromatic rings. The first-order chi connectivity index (χ1) is 15.9. The van der Waals surface area contributed by atoms with E-state index in [1.54, 1.807) is 37.2 Å². The number of aromatic nitrogens is 2. The van der Waals surface area contributed by atoms with Gasteiger partial charge in [0.15, 0.2) is 0 Å². The summed E-state index contributed by atoms with van der Waals surface area (Å²) in [6, 6.07) is 27.1.